The number of hydrogen-bond donors (Lipinski definition) is 1. The van der Waals surface area contributed by atoms with Crippen LogP contribution in [0.4, 0.5) is 0 Å². The summed E-state index contributed by atoms with van der Waals surface area (Å²) < 4.78 is 2.06. The molecule has 1 unspecified atom stereocenters. The monoisotopic (exact) mass is 279 g/mol. The molecule has 5 nitrogen and oxygen atoms in total. The zero-order valence-corrected chi connectivity index (χ0v) is 13.2. The van der Waals surface area contributed by atoms with Crippen molar-refractivity contribution in [3.8, 4) is 0 Å². The van der Waals surface area contributed by atoms with Gasteiger partial charge in [-0.05, 0) is 38.3 Å². The van der Waals surface area contributed by atoms with Crippen molar-refractivity contribution >= 4 is 0 Å². The topological polar surface area (TPSA) is 46.0 Å². The van der Waals surface area contributed by atoms with E-state index in [2.05, 4.69) is 45.8 Å². The van der Waals surface area contributed by atoms with Gasteiger partial charge in [0.05, 0.1) is 6.54 Å². The third-order valence-electron chi connectivity index (χ3n) is 3.78. The van der Waals surface area contributed by atoms with Gasteiger partial charge in [-0.25, -0.2) is 9.67 Å². The van der Waals surface area contributed by atoms with E-state index in [9.17, 15) is 0 Å². The van der Waals surface area contributed by atoms with Gasteiger partial charge in [-0.3, -0.25) is 4.90 Å². The normalized spacial score (nSPS) is 19.4. The van der Waals surface area contributed by atoms with Gasteiger partial charge in [0.2, 0.25) is 0 Å². The second-order valence-electron chi connectivity index (χ2n) is 6.28. The van der Waals surface area contributed by atoms with E-state index in [1.54, 1.807) is 6.33 Å². The molecule has 1 N–H and O–H groups in total. The maximum Gasteiger partial charge on any atom is 0.141 e. The summed E-state index contributed by atoms with van der Waals surface area (Å²) in [4.78, 5) is 6.97. The lowest BCUT2D eigenvalue weighted by Gasteiger charge is -2.25. The number of nitrogens with one attached hydrogen (secondary N) is 1. The van der Waals surface area contributed by atoms with Crippen molar-refractivity contribution < 1.29 is 0 Å². The molecule has 1 aromatic rings. The summed E-state index contributed by atoms with van der Waals surface area (Å²) in [6.45, 7) is 12.0. The Kier molecular flexibility index (Phi) is 5.98. The van der Waals surface area contributed by atoms with Crippen molar-refractivity contribution in [1.29, 1.82) is 0 Å². The van der Waals surface area contributed by atoms with E-state index in [1.165, 1.54) is 25.8 Å². The Bertz CT molecular complexity index is 381. The molecule has 1 aliphatic heterocycles. The number of nitrogens with zero attached hydrogens (tertiary/aromatic N) is 4. The zero-order valence-electron chi connectivity index (χ0n) is 13.2. The quantitative estimate of drug-likeness (QED) is 0.789. The lowest BCUT2D eigenvalue weighted by molar-refractivity contribution is 0.230. The highest BCUT2D eigenvalue weighted by atomic mass is 15.3. The third-order valence-corrected chi connectivity index (χ3v) is 3.78. The van der Waals surface area contributed by atoms with Gasteiger partial charge in [-0.1, -0.05) is 20.8 Å². The second kappa shape index (κ2) is 7.74. The summed E-state index contributed by atoms with van der Waals surface area (Å²) in [6.07, 6.45) is 5.49. The van der Waals surface area contributed by atoms with Gasteiger partial charge in [-0.2, -0.15) is 5.10 Å². The molecule has 114 valence electrons. The minimum Gasteiger partial charge on any atom is -0.313 e. The van der Waals surface area contributed by atoms with E-state index in [0.29, 0.717) is 12.0 Å². The molecule has 2 heterocycles. The van der Waals surface area contributed by atoms with Crippen molar-refractivity contribution in [2.45, 2.75) is 59.2 Å². The summed E-state index contributed by atoms with van der Waals surface area (Å²) >= 11 is 0. The smallest absolute Gasteiger partial charge is 0.141 e. The summed E-state index contributed by atoms with van der Waals surface area (Å²) in [6, 6.07) is 0.656. The maximum atomic E-state index is 4.46. The average Bonchev–Trinajstić information content (AvgIpc) is 3.02. The van der Waals surface area contributed by atoms with E-state index < -0.39 is 0 Å². The van der Waals surface area contributed by atoms with Crippen LogP contribution in [0.3, 0.4) is 0 Å². The molecular formula is C15H29N5. The van der Waals surface area contributed by atoms with Gasteiger partial charge in [0.15, 0.2) is 0 Å². The summed E-state index contributed by atoms with van der Waals surface area (Å²) in [5.41, 5.74) is 0. The van der Waals surface area contributed by atoms with Crippen molar-refractivity contribution in [2.75, 3.05) is 19.6 Å². The van der Waals surface area contributed by atoms with Crippen LogP contribution < -0.4 is 5.32 Å². The molecule has 1 fully saturated rings. The Labute approximate surface area is 122 Å². The van der Waals surface area contributed by atoms with Crippen molar-refractivity contribution in [3.63, 3.8) is 0 Å². The second-order valence-corrected chi connectivity index (χ2v) is 6.28. The molecular weight excluding hydrogens is 250 g/mol. The highest BCUT2D eigenvalue weighted by molar-refractivity contribution is 4.87. The van der Waals surface area contributed by atoms with Crippen LogP contribution in [0.15, 0.2) is 6.33 Å². The van der Waals surface area contributed by atoms with Gasteiger partial charge in [-0.15, -0.1) is 0 Å². The van der Waals surface area contributed by atoms with Crippen LogP contribution in [0.1, 0.15) is 45.9 Å². The number of aromatic nitrogens is 3. The summed E-state index contributed by atoms with van der Waals surface area (Å²) in [7, 11) is 0. The minimum absolute atomic E-state index is 0.603. The Hall–Kier alpha value is -0.940. The van der Waals surface area contributed by atoms with E-state index in [0.717, 1.165) is 32.0 Å². The molecule has 20 heavy (non-hydrogen) atoms. The highest BCUT2D eigenvalue weighted by Crippen LogP contribution is 2.10. The van der Waals surface area contributed by atoms with Gasteiger partial charge < -0.3 is 5.32 Å². The molecule has 1 saturated heterocycles. The molecule has 0 aliphatic carbocycles. The third kappa shape index (κ3) is 4.56. The van der Waals surface area contributed by atoms with Gasteiger partial charge in [0.1, 0.15) is 12.2 Å². The Balaban J connectivity index is 1.94. The fourth-order valence-electron chi connectivity index (χ4n) is 2.88. The van der Waals surface area contributed by atoms with Gasteiger partial charge >= 0.3 is 0 Å². The molecule has 1 atom stereocenters. The number of rotatable bonds is 8. The zero-order chi connectivity index (χ0) is 14.4. The molecule has 0 bridgehead atoms. The molecule has 2 rings (SSSR count). The first-order valence-electron chi connectivity index (χ1n) is 8.01. The Morgan fingerprint density at radius 3 is 3.00 bits per heavy atom. The molecule has 1 aliphatic rings. The number of hydrogen-bond acceptors (Lipinski definition) is 4. The molecule has 1 aromatic heterocycles. The van der Waals surface area contributed by atoms with Crippen LogP contribution in [0, 0.1) is 5.92 Å². The van der Waals surface area contributed by atoms with Crippen LogP contribution in [-0.2, 0) is 13.1 Å². The SMILES string of the molecule is CCCN(Cc1ncnn1CC(C)C)CC1CCCN1. The average molecular weight is 279 g/mol. The first kappa shape index (κ1) is 15.4. The highest BCUT2D eigenvalue weighted by Gasteiger charge is 2.19. The van der Waals surface area contributed by atoms with Gasteiger partial charge in [0, 0.05) is 19.1 Å². The Morgan fingerprint density at radius 1 is 1.50 bits per heavy atom. The first-order chi connectivity index (χ1) is 9.69. The van der Waals surface area contributed by atoms with Crippen molar-refractivity contribution in [1.82, 2.24) is 25.0 Å². The standard InChI is InChI=1S/C15H29N5/c1-4-8-19(10-14-6-5-7-16-14)11-15-17-12-18-20(15)9-13(2)3/h12-14,16H,4-11H2,1-3H3. The fourth-order valence-corrected chi connectivity index (χ4v) is 2.88. The molecule has 0 saturated carbocycles. The van der Waals surface area contributed by atoms with Crippen LogP contribution in [0.2, 0.25) is 0 Å². The minimum atomic E-state index is 0.603. The molecule has 0 radical (unpaired) electrons. The van der Waals surface area contributed by atoms with Crippen molar-refractivity contribution in [2.24, 2.45) is 5.92 Å². The summed E-state index contributed by atoms with van der Waals surface area (Å²) in [5, 5.41) is 7.95. The van der Waals surface area contributed by atoms with Crippen LogP contribution in [0.5, 0.6) is 0 Å². The van der Waals surface area contributed by atoms with Crippen LogP contribution in [0.25, 0.3) is 0 Å². The van der Waals surface area contributed by atoms with Crippen LogP contribution in [-0.4, -0.2) is 45.3 Å². The Morgan fingerprint density at radius 2 is 2.35 bits per heavy atom. The lowest BCUT2D eigenvalue weighted by atomic mass is 10.2. The van der Waals surface area contributed by atoms with Crippen molar-refractivity contribution in [3.05, 3.63) is 12.2 Å². The van der Waals surface area contributed by atoms with E-state index in [-0.39, 0.29) is 0 Å². The lowest BCUT2D eigenvalue weighted by Crippen LogP contribution is -2.38. The molecule has 0 aromatic carbocycles. The first-order valence-corrected chi connectivity index (χ1v) is 8.01. The van der Waals surface area contributed by atoms with E-state index >= 15 is 0 Å². The van der Waals surface area contributed by atoms with Gasteiger partial charge in [0.25, 0.3) is 0 Å². The van der Waals surface area contributed by atoms with E-state index in [4.69, 9.17) is 0 Å². The predicted molar refractivity (Wildman–Crippen MR) is 81.5 cm³/mol. The van der Waals surface area contributed by atoms with Crippen LogP contribution >= 0.6 is 0 Å². The largest absolute Gasteiger partial charge is 0.313 e. The maximum absolute atomic E-state index is 4.46. The predicted octanol–water partition coefficient (Wildman–Crippen LogP) is 1.90. The summed E-state index contributed by atoms with van der Waals surface area (Å²) in [5.74, 6) is 1.71. The fraction of sp³-hybridized carbons (Fsp3) is 0.867. The molecule has 0 spiro atoms. The molecule has 0 amide bonds. The molecule has 5 heteroatoms. The van der Waals surface area contributed by atoms with E-state index in [1.807, 2.05) is 0 Å².